The Morgan fingerprint density at radius 2 is 1.95 bits per heavy atom. The van der Waals surface area contributed by atoms with Crippen molar-refractivity contribution in [1.29, 1.82) is 0 Å². The molecule has 1 aliphatic heterocycles. The molecule has 110 valence electrons. The number of nitrogens with zero attached hydrogens (tertiary/aromatic N) is 4. The van der Waals surface area contributed by atoms with Crippen molar-refractivity contribution in [3.63, 3.8) is 0 Å². The molecule has 1 aliphatic rings. The number of H-pyrrole nitrogens is 1. The van der Waals surface area contributed by atoms with E-state index in [1.165, 1.54) is 0 Å². The molecule has 0 aromatic carbocycles. The lowest BCUT2D eigenvalue weighted by Gasteiger charge is -2.19. The van der Waals surface area contributed by atoms with Crippen molar-refractivity contribution in [3.8, 4) is 11.1 Å². The van der Waals surface area contributed by atoms with Gasteiger partial charge in [0.25, 0.3) is 0 Å². The molecule has 21 heavy (non-hydrogen) atoms. The smallest absolute Gasteiger partial charge is 0.225 e. The number of amides is 1. The summed E-state index contributed by atoms with van der Waals surface area (Å²) in [5.41, 5.74) is 3.95. The molecule has 2 N–H and O–H groups in total. The van der Waals surface area contributed by atoms with Crippen LogP contribution in [0.5, 0.6) is 0 Å². The number of carbonyl (C=O) groups excluding carboxylic acids is 1. The standard InChI is InChI=1S/C14H18N6O/c1-9-13(10(2)19-18-9)11-7-16-14(17-8-11)20-5-3-12(21)15-4-6-20/h7-8H,3-6H2,1-2H3,(H,15,21)(H,18,19). The molecule has 2 aromatic heterocycles. The fraction of sp³-hybridized carbons (Fsp3) is 0.429. The predicted molar refractivity (Wildman–Crippen MR) is 78.9 cm³/mol. The summed E-state index contributed by atoms with van der Waals surface area (Å²) in [7, 11) is 0. The van der Waals surface area contributed by atoms with Gasteiger partial charge in [-0.05, 0) is 13.8 Å². The lowest BCUT2D eigenvalue weighted by Crippen LogP contribution is -2.29. The number of aryl methyl sites for hydroxylation is 2. The summed E-state index contributed by atoms with van der Waals surface area (Å²) in [5, 5.41) is 10.00. The van der Waals surface area contributed by atoms with Crippen LogP contribution >= 0.6 is 0 Å². The van der Waals surface area contributed by atoms with Gasteiger partial charge >= 0.3 is 0 Å². The predicted octanol–water partition coefficient (Wildman–Crippen LogP) is 0.810. The molecule has 3 rings (SSSR count). The highest BCUT2D eigenvalue weighted by Crippen LogP contribution is 2.24. The van der Waals surface area contributed by atoms with Crippen LogP contribution in [0.4, 0.5) is 5.95 Å². The van der Waals surface area contributed by atoms with E-state index in [9.17, 15) is 4.79 Å². The number of carbonyl (C=O) groups is 1. The summed E-state index contributed by atoms with van der Waals surface area (Å²) >= 11 is 0. The molecule has 0 bridgehead atoms. The molecule has 7 nitrogen and oxygen atoms in total. The first kappa shape index (κ1) is 13.5. The number of hydrogen-bond acceptors (Lipinski definition) is 5. The Morgan fingerprint density at radius 3 is 2.62 bits per heavy atom. The highest BCUT2D eigenvalue weighted by molar-refractivity contribution is 5.77. The number of nitrogens with one attached hydrogen (secondary N) is 2. The van der Waals surface area contributed by atoms with Gasteiger partial charge in [-0.15, -0.1) is 0 Å². The average Bonchev–Trinajstić information content (AvgIpc) is 2.69. The SMILES string of the molecule is Cc1n[nH]c(C)c1-c1cnc(N2CCNC(=O)CC2)nc1. The van der Waals surface area contributed by atoms with Gasteiger partial charge < -0.3 is 10.2 Å². The van der Waals surface area contributed by atoms with Crippen LogP contribution in [0.15, 0.2) is 12.4 Å². The Bertz CT molecular complexity index is 628. The van der Waals surface area contributed by atoms with Crippen molar-refractivity contribution in [2.75, 3.05) is 24.5 Å². The summed E-state index contributed by atoms with van der Waals surface area (Å²) in [6, 6.07) is 0. The number of aromatic amines is 1. The minimum Gasteiger partial charge on any atom is -0.354 e. The quantitative estimate of drug-likeness (QED) is 0.853. The third kappa shape index (κ3) is 2.72. The van der Waals surface area contributed by atoms with Gasteiger partial charge in [-0.3, -0.25) is 9.89 Å². The molecule has 0 saturated carbocycles. The first-order valence-corrected chi connectivity index (χ1v) is 7.01. The summed E-state index contributed by atoms with van der Waals surface area (Å²) in [6.45, 7) is 5.95. The summed E-state index contributed by atoms with van der Waals surface area (Å²) in [6.07, 6.45) is 4.10. The van der Waals surface area contributed by atoms with Gasteiger partial charge in [0.15, 0.2) is 0 Å². The van der Waals surface area contributed by atoms with Crippen molar-refractivity contribution in [2.45, 2.75) is 20.3 Å². The highest BCUT2D eigenvalue weighted by atomic mass is 16.1. The molecule has 1 saturated heterocycles. The van der Waals surface area contributed by atoms with Gasteiger partial charge in [-0.25, -0.2) is 9.97 Å². The second-order valence-electron chi connectivity index (χ2n) is 5.17. The van der Waals surface area contributed by atoms with Crippen LogP contribution in [0.2, 0.25) is 0 Å². The van der Waals surface area contributed by atoms with Crippen molar-refractivity contribution in [2.24, 2.45) is 0 Å². The van der Waals surface area contributed by atoms with Crippen LogP contribution < -0.4 is 10.2 Å². The monoisotopic (exact) mass is 286 g/mol. The van der Waals surface area contributed by atoms with E-state index in [1.807, 2.05) is 31.1 Å². The Hall–Kier alpha value is -2.44. The van der Waals surface area contributed by atoms with E-state index in [2.05, 4.69) is 25.5 Å². The maximum atomic E-state index is 11.4. The second-order valence-corrected chi connectivity index (χ2v) is 5.17. The number of rotatable bonds is 2. The lowest BCUT2D eigenvalue weighted by molar-refractivity contribution is -0.120. The van der Waals surface area contributed by atoms with Crippen LogP contribution in [0.25, 0.3) is 11.1 Å². The summed E-state index contributed by atoms with van der Waals surface area (Å²) < 4.78 is 0. The van der Waals surface area contributed by atoms with Gasteiger partial charge in [0.05, 0.1) is 5.69 Å². The molecular weight excluding hydrogens is 268 g/mol. The zero-order valence-corrected chi connectivity index (χ0v) is 12.2. The Labute approximate surface area is 122 Å². The first-order chi connectivity index (χ1) is 10.1. The Kier molecular flexibility index (Phi) is 3.55. The van der Waals surface area contributed by atoms with Crippen molar-refractivity contribution in [1.82, 2.24) is 25.5 Å². The van der Waals surface area contributed by atoms with E-state index in [0.29, 0.717) is 25.5 Å². The average molecular weight is 286 g/mol. The molecule has 1 amide bonds. The zero-order valence-electron chi connectivity index (χ0n) is 12.2. The minimum absolute atomic E-state index is 0.0822. The fourth-order valence-corrected chi connectivity index (χ4v) is 2.56. The normalized spacial score (nSPS) is 15.7. The lowest BCUT2D eigenvalue weighted by atomic mass is 10.1. The molecule has 0 radical (unpaired) electrons. The number of hydrogen-bond donors (Lipinski definition) is 2. The molecule has 0 spiro atoms. The summed E-state index contributed by atoms with van der Waals surface area (Å²) in [4.78, 5) is 22.3. The molecule has 2 aromatic rings. The number of anilines is 1. The zero-order chi connectivity index (χ0) is 14.8. The molecule has 1 fully saturated rings. The minimum atomic E-state index is 0.0822. The maximum Gasteiger partial charge on any atom is 0.225 e. The van der Waals surface area contributed by atoms with Gasteiger partial charge in [0.2, 0.25) is 11.9 Å². The molecular formula is C14H18N6O. The van der Waals surface area contributed by atoms with Gasteiger partial charge in [-0.2, -0.15) is 5.10 Å². The van der Waals surface area contributed by atoms with Gasteiger partial charge in [0, 0.05) is 55.3 Å². The van der Waals surface area contributed by atoms with Gasteiger partial charge in [0.1, 0.15) is 0 Å². The van der Waals surface area contributed by atoms with E-state index >= 15 is 0 Å². The van der Waals surface area contributed by atoms with Crippen molar-refractivity contribution in [3.05, 3.63) is 23.8 Å². The molecule has 3 heterocycles. The summed E-state index contributed by atoms with van der Waals surface area (Å²) in [5.74, 6) is 0.743. The topological polar surface area (TPSA) is 86.8 Å². The second kappa shape index (κ2) is 5.51. The van der Waals surface area contributed by atoms with E-state index in [-0.39, 0.29) is 5.91 Å². The van der Waals surface area contributed by atoms with Crippen LogP contribution in [-0.4, -0.2) is 45.7 Å². The fourth-order valence-electron chi connectivity index (χ4n) is 2.56. The molecule has 0 aliphatic carbocycles. The van der Waals surface area contributed by atoms with Crippen LogP contribution in [-0.2, 0) is 4.79 Å². The molecule has 0 unspecified atom stereocenters. The van der Waals surface area contributed by atoms with E-state index < -0.39 is 0 Å². The third-order valence-electron chi connectivity index (χ3n) is 3.65. The van der Waals surface area contributed by atoms with E-state index in [4.69, 9.17) is 0 Å². The Balaban J connectivity index is 1.82. The Morgan fingerprint density at radius 1 is 1.19 bits per heavy atom. The third-order valence-corrected chi connectivity index (χ3v) is 3.65. The maximum absolute atomic E-state index is 11.4. The van der Waals surface area contributed by atoms with Crippen LogP contribution in [0.3, 0.4) is 0 Å². The van der Waals surface area contributed by atoms with Crippen molar-refractivity contribution >= 4 is 11.9 Å². The largest absolute Gasteiger partial charge is 0.354 e. The van der Waals surface area contributed by atoms with Crippen LogP contribution in [0, 0.1) is 13.8 Å². The molecule has 0 atom stereocenters. The van der Waals surface area contributed by atoms with Crippen molar-refractivity contribution < 1.29 is 4.79 Å². The first-order valence-electron chi connectivity index (χ1n) is 7.01. The van der Waals surface area contributed by atoms with Crippen LogP contribution in [0.1, 0.15) is 17.8 Å². The highest BCUT2D eigenvalue weighted by Gasteiger charge is 2.16. The van der Waals surface area contributed by atoms with E-state index in [1.54, 1.807) is 0 Å². The van der Waals surface area contributed by atoms with Gasteiger partial charge in [-0.1, -0.05) is 0 Å². The number of aromatic nitrogens is 4. The molecule has 7 heteroatoms. The van der Waals surface area contributed by atoms with E-state index in [0.717, 1.165) is 29.1 Å².